The van der Waals surface area contributed by atoms with E-state index in [9.17, 15) is 4.57 Å². The molecule has 2 nitrogen and oxygen atoms in total. The van der Waals surface area contributed by atoms with E-state index in [1.54, 1.807) is 13.8 Å². The van der Waals surface area contributed by atoms with Crippen molar-refractivity contribution in [3.8, 4) is 0 Å². The first-order valence-corrected chi connectivity index (χ1v) is 3.08. The lowest BCUT2D eigenvalue weighted by molar-refractivity contribution is 0.495. The largest absolute Gasteiger partial charge is 0.508 e. The zero-order valence-corrected chi connectivity index (χ0v) is 4.77. The van der Waals surface area contributed by atoms with Gasteiger partial charge in [-0.2, -0.15) is 4.89 Å². The molecule has 0 saturated carbocycles. The van der Waals surface area contributed by atoms with Crippen molar-refractivity contribution in [3.63, 3.8) is 0 Å². The summed E-state index contributed by atoms with van der Waals surface area (Å²) in [6, 6.07) is 0. The molecule has 0 aliphatic heterocycles. The highest BCUT2D eigenvalue weighted by atomic mass is 31.1. The number of rotatable bonds is 1. The van der Waals surface area contributed by atoms with Crippen molar-refractivity contribution in [2.75, 3.05) is 0 Å². The Morgan fingerprint density at radius 2 is 1.83 bits per heavy atom. The molecule has 0 spiro atoms. The van der Waals surface area contributed by atoms with E-state index in [1.165, 1.54) is 0 Å². The first-order chi connectivity index (χ1) is 2.64. The summed E-state index contributed by atoms with van der Waals surface area (Å²) in [4.78, 5) is 8.14. The fourth-order valence-corrected chi connectivity index (χ4v) is 0. The van der Waals surface area contributed by atoms with Crippen LogP contribution in [0.3, 0.4) is 0 Å². The summed E-state index contributed by atoms with van der Waals surface area (Å²) in [5, 5.41) is 0. The average Bonchev–Trinajstić information content (AvgIpc) is 1.36. The minimum atomic E-state index is -1.91. The Kier molecular flexibility index (Phi) is 2.29. The van der Waals surface area contributed by atoms with Crippen LogP contribution in [0.2, 0.25) is 0 Å². The summed E-state index contributed by atoms with van der Waals surface area (Å²) >= 11 is 0. The van der Waals surface area contributed by atoms with Crippen molar-refractivity contribution in [2.45, 2.75) is 19.5 Å². The van der Waals surface area contributed by atoms with Gasteiger partial charge in [-0.1, -0.05) is 0 Å². The van der Waals surface area contributed by atoms with Gasteiger partial charge >= 0.3 is 8.03 Å². The van der Waals surface area contributed by atoms with Gasteiger partial charge in [-0.25, -0.2) is 0 Å². The lowest BCUT2D eigenvalue weighted by Crippen LogP contribution is -1.81. The predicted molar refractivity (Wildman–Crippen MR) is 25.0 cm³/mol. The Hall–Kier alpha value is 0.0600. The van der Waals surface area contributed by atoms with E-state index in [0.29, 0.717) is 0 Å². The monoisotopic (exact) mass is 107 g/mol. The molecule has 36 valence electrons. The van der Waals surface area contributed by atoms with Crippen LogP contribution in [0.5, 0.6) is 0 Å². The van der Waals surface area contributed by atoms with E-state index in [1.807, 2.05) is 0 Å². The zero-order valence-electron chi connectivity index (χ0n) is 3.88. The highest BCUT2D eigenvalue weighted by Crippen LogP contribution is 2.19. The molecule has 0 heterocycles. The van der Waals surface area contributed by atoms with Crippen LogP contribution in [-0.4, -0.2) is 10.6 Å². The third-order valence-electron chi connectivity index (χ3n) is 0.442. The molecule has 0 aromatic heterocycles. The van der Waals surface area contributed by atoms with Crippen LogP contribution in [0.4, 0.5) is 0 Å². The van der Waals surface area contributed by atoms with E-state index in [4.69, 9.17) is 4.89 Å². The zero-order chi connectivity index (χ0) is 5.15. The van der Waals surface area contributed by atoms with Crippen molar-refractivity contribution in [1.29, 1.82) is 0 Å². The summed E-state index contributed by atoms with van der Waals surface area (Å²) in [7, 11) is -1.91. The Labute approximate surface area is 38.1 Å². The Morgan fingerprint density at radius 3 is 1.83 bits per heavy atom. The van der Waals surface area contributed by atoms with E-state index >= 15 is 0 Å². The molecule has 0 aromatic rings. The fraction of sp³-hybridized carbons (Fsp3) is 1.00. The standard InChI is InChI=1S/C3H7O2P/c1-3(2)6(4)5/h3H,1-2H3/p+1. The van der Waals surface area contributed by atoms with E-state index in [-0.39, 0.29) is 5.66 Å². The van der Waals surface area contributed by atoms with Gasteiger partial charge in [0.05, 0.1) is 0 Å². The second-order valence-corrected chi connectivity index (χ2v) is 3.03. The molecule has 0 bridgehead atoms. The smallest absolute Gasteiger partial charge is 0.161 e. The van der Waals surface area contributed by atoms with E-state index in [2.05, 4.69) is 0 Å². The van der Waals surface area contributed by atoms with Gasteiger partial charge in [-0.05, 0) is 18.4 Å². The van der Waals surface area contributed by atoms with Crippen molar-refractivity contribution >= 4 is 8.03 Å². The second kappa shape index (κ2) is 2.27. The second-order valence-electron chi connectivity index (χ2n) is 1.40. The highest BCUT2D eigenvalue weighted by molar-refractivity contribution is 7.38. The van der Waals surface area contributed by atoms with E-state index < -0.39 is 8.03 Å². The van der Waals surface area contributed by atoms with Gasteiger partial charge in [-0.3, -0.25) is 0 Å². The summed E-state index contributed by atoms with van der Waals surface area (Å²) in [5.74, 6) is 0. The highest BCUT2D eigenvalue weighted by Gasteiger charge is 2.14. The average molecular weight is 107 g/mol. The molecule has 0 saturated heterocycles. The third-order valence-corrected chi connectivity index (χ3v) is 1.33. The molecule has 1 N–H and O–H groups in total. The molecule has 0 radical (unpaired) electrons. The maximum Gasteiger partial charge on any atom is 0.508 e. The molecule has 0 aromatic carbocycles. The molecule has 3 heteroatoms. The SMILES string of the molecule is CC(C)[P+](=O)O. The third kappa shape index (κ3) is 2.31. The molecule has 0 rings (SSSR count). The molecule has 0 amide bonds. The molecule has 1 atom stereocenters. The van der Waals surface area contributed by atoms with Crippen LogP contribution in [0.15, 0.2) is 0 Å². The van der Waals surface area contributed by atoms with Crippen LogP contribution in [0.1, 0.15) is 13.8 Å². The Balaban J connectivity index is 3.26. The molecule has 6 heavy (non-hydrogen) atoms. The van der Waals surface area contributed by atoms with Gasteiger partial charge in [0, 0.05) is 0 Å². The minimum absolute atomic E-state index is 0.0833. The van der Waals surface area contributed by atoms with Crippen molar-refractivity contribution in [3.05, 3.63) is 0 Å². The van der Waals surface area contributed by atoms with Gasteiger partial charge in [0.25, 0.3) is 0 Å². The van der Waals surface area contributed by atoms with Crippen LogP contribution in [0.25, 0.3) is 0 Å². The van der Waals surface area contributed by atoms with Gasteiger partial charge in [0.1, 0.15) is 0 Å². The van der Waals surface area contributed by atoms with Crippen LogP contribution in [-0.2, 0) is 4.57 Å². The van der Waals surface area contributed by atoms with Gasteiger partial charge in [-0.15, -0.1) is 0 Å². The molecule has 0 aliphatic rings. The normalized spacial score (nSPS) is 12.3. The van der Waals surface area contributed by atoms with Gasteiger partial charge in [0.2, 0.25) is 0 Å². The maximum absolute atomic E-state index is 9.85. The molecular formula is C3H8O2P+. The lowest BCUT2D eigenvalue weighted by Gasteiger charge is -1.74. The minimum Gasteiger partial charge on any atom is -0.161 e. The van der Waals surface area contributed by atoms with Gasteiger partial charge < -0.3 is 0 Å². The molecule has 1 unspecified atom stereocenters. The number of hydrogen-bond acceptors (Lipinski definition) is 1. The Morgan fingerprint density at radius 1 is 1.67 bits per heavy atom. The van der Waals surface area contributed by atoms with Gasteiger partial charge in [0.15, 0.2) is 5.66 Å². The van der Waals surface area contributed by atoms with Crippen molar-refractivity contribution in [2.24, 2.45) is 0 Å². The first kappa shape index (κ1) is 6.06. The Bertz CT molecular complexity index is 59.8. The molecule has 0 aliphatic carbocycles. The number of hydrogen-bond donors (Lipinski definition) is 1. The molecular weight excluding hydrogens is 99.0 g/mol. The van der Waals surface area contributed by atoms with Crippen molar-refractivity contribution < 1.29 is 9.46 Å². The first-order valence-electron chi connectivity index (χ1n) is 1.80. The summed E-state index contributed by atoms with van der Waals surface area (Å²) < 4.78 is 9.85. The fourth-order valence-electron chi connectivity index (χ4n) is 0. The predicted octanol–water partition coefficient (Wildman–Crippen LogP) is 1.13. The molecule has 0 fully saturated rings. The maximum atomic E-state index is 9.85. The lowest BCUT2D eigenvalue weighted by atomic mass is 10.6. The van der Waals surface area contributed by atoms with Crippen LogP contribution >= 0.6 is 8.03 Å². The summed E-state index contributed by atoms with van der Waals surface area (Å²) in [6.07, 6.45) is 0. The quantitative estimate of drug-likeness (QED) is 0.510. The summed E-state index contributed by atoms with van der Waals surface area (Å²) in [6.45, 7) is 3.41. The van der Waals surface area contributed by atoms with Crippen LogP contribution in [0, 0.1) is 0 Å². The topological polar surface area (TPSA) is 37.3 Å². The van der Waals surface area contributed by atoms with Crippen molar-refractivity contribution in [1.82, 2.24) is 0 Å². The van der Waals surface area contributed by atoms with E-state index in [0.717, 1.165) is 0 Å². The summed E-state index contributed by atoms with van der Waals surface area (Å²) in [5.41, 5.74) is -0.0833. The van der Waals surface area contributed by atoms with Crippen LogP contribution < -0.4 is 0 Å².